The van der Waals surface area contributed by atoms with Crippen molar-refractivity contribution in [1.29, 1.82) is 0 Å². The number of amides is 1. The molecule has 0 saturated carbocycles. The zero-order valence-electron chi connectivity index (χ0n) is 12.2. The van der Waals surface area contributed by atoms with Crippen LogP contribution in [0.5, 0.6) is 0 Å². The van der Waals surface area contributed by atoms with E-state index in [1.165, 1.54) is 18.2 Å². The molecule has 1 aliphatic rings. The van der Waals surface area contributed by atoms with Crippen molar-refractivity contribution in [2.75, 3.05) is 5.32 Å². The Balaban J connectivity index is 1.82. The van der Waals surface area contributed by atoms with Gasteiger partial charge in [-0.15, -0.1) is 0 Å². The van der Waals surface area contributed by atoms with Crippen LogP contribution in [0.2, 0.25) is 0 Å². The van der Waals surface area contributed by atoms with Crippen LogP contribution in [0.15, 0.2) is 53.5 Å². The van der Waals surface area contributed by atoms with Crippen LogP contribution in [0.25, 0.3) is 10.9 Å². The lowest BCUT2D eigenvalue weighted by molar-refractivity contribution is 0.102. The van der Waals surface area contributed by atoms with Gasteiger partial charge in [0.15, 0.2) is 0 Å². The van der Waals surface area contributed by atoms with E-state index in [0.29, 0.717) is 5.39 Å². The number of para-hydroxylation sites is 2. The van der Waals surface area contributed by atoms with Gasteiger partial charge in [-0.05, 0) is 30.2 Å². The number of rotatable bonds is 2. The van der Waals surface area contributed by atoms with E-state index in [2.05, 4.69) is 5.32 Å². The van der Waals surface area contributed by atoms with E-state index >= 15 is 0 Å². The first kappa shape index (κ1) is 13.7. The Labute approximate surface area is 131 Å². The first-order valence-corrected chi connectivity index (χ1v) is 7.36. The Bertz CT molecular complexity index is 1010. The molecule has 0 saturated heterocycles. The van der Waals surface area contributed by atoms with Crippen molar-refractivity contribution in [3.8, 4) is 0 Å². The van der Waals surface area contributed by atoms with E-state index in [1.807, 2.05) is 16.7 Å². The number of carbonyl (C=O) groups is 1. The van der Waals surface area contributed by atoms with E-state index in [9.17, 15) is 14.0 Å². The molecule has 4 nitrogen and oxygen atoms in total. The number of nitrogens with one attached hydrogen (secondary N) is 1. The molecule has 1 aliphatic heterocycles. The number of aromatic nitrogens is 1. The largest absolute Gasteiger partial charge is 0.346 e. The molecule has 4 rings (SSSR count). The number of benzene rings is 2. The second-order valence-electron chi connectivity index (χ2n) is 5.56. The number of anilines is 1. The highest BCUT2D eigenvalue weighted by Gasteiger charge is 2.20. The molecule has 1 amide bonds. The highest BCUT2D eigenvalue weighted by atomic mass is 19.1. The smallest absolute Gasteiger partial charge is 0.261 e. The van der Waals surface area contributed by atoms with Gasteiger partial charge in [-0.2, -0.15) is 0 Å². The molecule has 0 aliphatic carbocycles. The molecule has 0 unspecified atom stereocenters. The van der Waals surface area contributed by atoms with Gasteiger partial charge in [-0.25, -0.2) is 4.39 Å². The van der Waals surface area contributed by atoms with E-state index in [1.54, 1.807) is 18.3 Å². The fourth-order valence-corrected chi connectivity index (χ4v) is 3.07. The number of pyridine rings is 1. The van der Waals surface area contributed by atoms with Gasteiger partial charge in [0, 0.05) is 18.1 Å². The van der Waals surface area contributed by atoms with Gasteiger partial charge < -0.3 is 9.88 Å². The third-order valence-electron chi connectivity index (χ3n) is 4.17. The topological polar surface area (TPSA) is 51.1 Å². The Morgan fingerprint density at radius 2 is 1.96 bits per heavy atom. The van der Waals surface area contributed by atoms with Crippen molar-refractivity contribution in [3.63, 3.8) is 0 Å². The summed E-state index contributed by atoms with van der Waals surface area (Å²) in [6, 6.07) is 11.4. The summed E-state index contributed by atoms with van der Waals surface area (Å²) in [4.78, 5) is 25.0. The van der Waals surface area contributed by atoms with E-state index in [-0.39, 0.29) is 16.7 Å². The Hall–Kier alpha value is -2.95. The fourth-order valence-electron chi connectivity index (χ4n) is 3.07. The summed E-state index contributed by atoms with van der Waals surface area (Å²) in [6.07, 6.45) is 2.41. The van der Waals surface area contributed by atoms with Crippen molar-refractivity contribution in [2.45, 2.75) is 13.0 Å². The molecular weight excluding hydrogens is 295 g/mol. The number of hydrogen-bond donors (Lipinski definition) is 1. The first-order chi connectivity index (χ1) is 11.1. The zero-order chi connectivity index (χ0) is 16.0. The van der Waals surface area contributed by atoms with Crippen LogP contribution in [0.4, 0.5) is 10.1 Å². The minimum absolute atomic E-state index is 0.0276. The van der Waals surface area contributed by atoms with E-state index in [0.717, 1.165) is 24.0 Å². The second-order valence-corrected chi connectivity index (χ2v) is 5.56. The number of hydrogen-bond acceptors (Lipinski definition) is 2. The normalized spacial score (nSPS) is 12.6. The lowest BCUT2D eigenvalue weighted by Gasteiger charge is -2.09. The van der Waals surface area contributed by atoms with Crippen molar-refractivity contribution in [3.05, 3.63) is 75.8 Å². The molecule has 3 aromatic rings. The summed E-state index contributed by atoms with van der Waals surface area (Å²) in [5, 5.41) is 3.00. The van der Waals surface area contributed by atoms with Crippen LogP contribution in [-0.4, -0.2) is 10.5 Å². The number of aryl methyl sites for hydroxylation is 2. The van der Waals surface area contributed by atoms with Gasteiger partial charge in [0.1, 0.15) is 11.4 Å². The number of halogens is 1. The molecule has 0 radical (unpaired) electrons. The molecule has 2 aromatic carbocycles. The molecule has 23 heavy (non-hydrogen) atoms. The Kier molecular flexibility index (Phi) is 3.01. The van der Waals surface area contributed by atoms with Gasteiger partial charge >= 0.3 is 0 Å². The average molecular weight is 308 g/mol. The molecule has 0 atom stereocenters. The van der Waals surface area contributed by atoms with Crippen molar-refractivity contribution >= 4 is 22.5 Å². The SMILES string of the molecule is O=C(Nc1ccccc1F)c1cn2c3c(cccc3c1=O)CC2. The quantitative estimate of drug-likeness (QED) is 0.791. The molecule has 114 valence electrons. The minimum atomic E-state index is -0.594. The van der Waals surface area contributed by atoms with E-state index < -0.39 is 11.7 Å². The molecule has 0 bridgehead atoms. The van der Waals surface area contributed by atoms with Gasteiger partial charge in [-0.3, -0.25) is 9.59 Å². The Morgan fingerprint density at radius 3 is 2.78 bits per heavy atom. The van der Waals surface area contributed by atoms with Crippen molar-refractivity contribution in [2.24, 2.45) is 0 Å². The molecule has 2 heterocycles. The third-order valence-corrected chi connectivity index (χ3v) is 4.17. The lowest BCUT2D eigenvalue weighted by Crippen LogP contribution is -2.23. The zero-order valence-corrected chi connectivity index (χ0v) is 12.2. The summed E-state index contributed by atoms with van der Waals surface area (Å²) in [6.45, 7) is 0.732. The average Bonchev–Trinajstić information content (AvgIpc) is 2.97. The molecule has 0 spiro atoms. The van der Waals surface area contributed by atoms with Crippen molar-refractivity contribution in [1.82, 2.24) is 4.57 Å². The maximum atomic E-state index is 13.7. The van der Waals surface area contributed by atoms with Gasteiger partial charge in [0.2, 0.25) is 5.43 Å². The third kappa shape index (κ3) is 2.12. The standard InChI is InChI=1S/C18H13FN2O2/c19-14-6-1-2-7-15(14)20-18(23)13-10-21-9-8-11-4-3-5-12(16(11)21)17(13)22/h1-7,10H,8-9H2,(H,20,23). The highest BCUT2D eigenvalue weighted by Crippen LogP contribution is 2.24. The molecular formula is C18H13FN2O2. The van der Waals surface area contributed by atoms with Crippen molar-refractivity contribution < 1.29 is 9.18 Å². The van der Waals surface area contributed by atoms with Crippen LogP contribution in [0.1, 0.15) is 15.9 Å². The highest BCUT2D eigenvalue weighted by molar-refractivity contribution is 6.06. The van der Waals surface area contributed by atoms with Gasteiger partial charge in [-0.1, -0.05) is 24.3 Å². The molecule has 1 aromatic heterocycles. The summed E-state index contributed by atoms with van der Waals surface area (Å²) in [7, 11) is 0. The summed E-state index contributed by atoms with van der Waals surface area (Å²) < 4.78 is 15.6. The van der Waals surface area contributed by atoms with Crippen LogP contribution in [0.3, 0.4) is 0 Å². The predicted octanol–water partition coefficient (Wildman–Crippen LogP) is 2.95. The maximum Gasteiger partial charge on any atom is 0.261 e. The number of nitrogens with zero attached hydrogens (tertiary/aromatic N) is 1. The van der Waals surface area contributed by atoms with Crippen LogP contribution < -0.4 is 10.7 Å². The maximum absolute atomic E-state index is 13.7. The summed E-state index contributed by atoms with van der Waals surface area (Å²) in [5.41, 5.74) is 1.77. The molecule has 0 fully saturated rings. The Morgan fingerprint density at radius 1 is 1.13 bits per heavy atom. The lowest BCUT2D eigenvalue weighted by atomic mass is 10.1. The van der Waals surface area contributed by atoms with Crippen LogP contribution >= 0.6 is 0 Å². The van der Waals surface area contributed by atoms with Gasteiger partial charge in [0.05, 0.1) is 11.2 Å². The molecule has 5 heteroatoms. The van der Waals surface area contributed by atoms with Crippen LogP contribution in [-0.2, 0) is 13.0 Å². The fraction of sp³-hybridized carbons (Fsp3) is 0.111. The van der Waals surface area contributed by atoms with E-state index in [4.69, 9.17) is 0 Å². The summed E-state index contributed by atoms with van der Waals surface area (Å²) in [5.74, 6) is -1.13. The second kappa shape index (κ2) is 5.05. The monoisotopic (exact) mass is 308 g/mol. The minimum Gasteiger partial charge on any atom is -0.346 e. The van der Waals surface area contributed by atoms with Gasteiger partial charge in [0.25, 0.3) is 5.91 Å². The first-order valence-electron chi connectivity index (χ1n) is 7.36. The van der Waals surface area contributed by atoms with Crippen LogP contribution in [0, 0.1) is 5.82 Å². The predicted molar refractivity (Wildman–Crippen MR) is 86.3 cm³/mol. The molecule has 1 N–H and O–H groups in total. The summed E-state index contributed by atoms with van der Waals surface area (Å²) >= 11 is 0. The number of carbonyl (C=O) groups excluding carboxylic acids is 1.